The van der Waals surface area contributed by atoms with Crippen molar-refractivity contribution < 1.29 is 9.18 Å². The predicted molar refractivity (Wildman–Crippen MR) is 82.8 cm³/mol. The van der Waals surface area contributed by atoms with Crippen LogP contribution in [0.5, 0.6) is 0 Å². The molecule has 0 fully saturated rings. The lowest BCUT2D eigenvalue weighted by atomic mass is 10.3. The van der Waals surface area contributed by atoms with E-state index < -0.39 is 0 Å². The molecule has 0 radical (unpaired) electrons. The highest BCUT2D eigenvalue weighted by molar-refractivity contribution is 8.00. The smallest absolute Gasteiger partial charge is 0.233 e. The van der Waals surface area contributed by atoms with Gasteiger partial charge in [0.2, 0.25) is 5.91 Å². The first kappa shape index (κ1) is 15.1. The standard InChI is InChI=1S/C15H16FNOS2/c1-11(20-14-6-4-12(16)5-7-14)15(18)17-9-8-13-3-2-10-19-13/h2-7,10-11H,8-9H2,1H3,(H,17,18)/t11-/m0/s1. The Morgan fingerprint density at radius 2 is 2.10 bits per heavy atom. The summed E-state index contributed by atoms with van der Waals surface area (Å²) in [6.07, 6.45) is 0.858. The number of hydrogen-bond donors (Lipinski definition) is 1. The van der Waals surface area contributed by atoms with Crippen molar-refractivity contribution in [3.63, 3.8) is 0 Å². The van der Waals surface area contributed by atoms with Crippen LogP contribution in [0.3, 0.4) is 0 Å². The molecule has 1 amide bonds. The predicted octanol–water partition coefficient (Wildman–Crippen LogP) is 3.73. The van der Waals surface area contributed by atoms with Gasteiger partial charge < -0.3 is 5.32 Å². The fourth-order valence-corrected chi connectivity index (χ4v) is 3.28. The van der Waals surface area contributed by atoms with Gasteiger partial charge in [0.05, 0.1) is 5.25 Å². The summed E-state index contributed by atoms with van der Waals surface area (Å²) in [5, 5.41) is 4.77. The number of rotatable bonds is 6. The Bertz CT molecular complexity index is 540. The Morgan fingerprint density at radius 3 is 2.75 bits per heavy atom. The molecule has 0 aliphatic carbocycles. The van der Waals surface area contributed by atoms with Crippen LogP contribution in [0.25, 0.3) is 0 Å². The summed E-state index contributed by atoms with van der Waals surface area (Å²) < 4.78 is 12.8. The van der Waals surface area contributed by atoms with E-state index in [1.807, 2.05) is 18.4 Å². The molecule has 1 aromatic carbocycles. The van der Waals surface area contributed by atoms with Crippen molar-refractivity contribution in [1.29, 1.82) is 0 Å². The largest absolute Gasteiger partial charge is 0.355 e. The van der Waals surface area contributed by atoms with Crippen LogP contribution in [0.15, 0.2) is 46.7 Å². The van der Waals surface area contributed by atoms with Gasteiger partial charge in [0.15, 0.2) is 0 Å². The number of nitrogens with one attached hydrogen (secondary N) is 1. The fraction of sp³-hybridized carbons (Fsp3) is 0.267. The Labute approximate surface area is 126 Å². The molecule has 0 saturated carbocycles. The van der Waals surface area contributed by atoms with Gasteiger partial charge in [-0.25, -0.2) is 4.39 Å². The number of hydrogen-bond acceptors (Lipinski definition) is 3. The van der Waals surface area contributed by atoms with Gasteiger partial charge in [-0.1, -0.05) is 6.07 Å². The summed E-state index contributed by atoms with van der Waals surface area (Å²) in [6.45, 7) is 2.50. The molecule has 2 rings (SSSR count). The third-order valence-corrected chi connectivity index (χ3v) is 4.79. The molecule has 20 heavy (non-hydrogen) atoms. The van der Waals surface area contributed by atoms with E-state index in [2.05, 4.69) is 11.4 Å². The van der Waals surface area contributed by atoms with Crippen molar-refractivity contribution >= 4 is 29.0 Å². The van der Waals surface area contributed by atoms with Crippen molar-refractivity contribution in [3.05, 3.63) is 52.5 Å². The van der Waals surface area contributed by atoms with E-state index in [-0.39, 0.29) is 17.0 Å². The van der Waals surface area contributed by atoms with Gasteiger partial charge in [0.1, 0.15) is 5.82 Å². The second kappa shape index (κ2) is 7.45. The second-order valence-electron chi connectivity index (χ2n) is 4.33. The van der Waals surface area contributed by atoms with Crippen molar-refractivity contribution in [2.45, 2.75) is 23.5 Å². The average Bonchev–Trinajstić information content (AvgIpc) is 2.94. The van der Waals surface area contributed by atoms with Crippen molar-refractivity contribution in [3.8, 4) is 0 Å². The normalized spacial score (nSPS) is 12.1. The highest BCUT2D eigenvalue weighted by atomic mass is 32.2. The van der Waals surface area contributed by atoms with Crippen molar-refractivity contribution in [1.82, 2.24) is 5.32 Å². The zero-order chi connectivity index (χ0) is 14.4. The number of carbonyl (C=O) groups is 1. The zero-order valence-corrected chi connectivity index (χ0v) is 12.8. The van der Waals surface area contributed by atoms with Gasteiger partial charge in [-0.05, 0) is 49.1 Å². The van der Waals surface area contributed by atoms with Crippen LogP contribution in [-0.2, 0) is 11.2 Å². The number of carbonyl (C=O) groups excluding carboxylic acids is 1. The van der Waals surface area contributed by atoms with Crippen LogP contribution >= 0.6 is 23.1 Å². The van der Waals surface area contributed by atoms with E-state index in [1.165, 1.54) is 28.8 Å². The lowest BCUT2D eigenvalue weighted by Gasteiger charge is -2.11. The highest BCUT2D eigenvalue weighted by Gasteiger charge is 2.13. The Hall–Kier alpha value is -1.33. The van der Waals surface area contributed by atoms with Gasteiger partial charge in [0, 0.05) is 16.3 Å². The maximum Gasteiger partial charge on any atom is 0.233 e. The summed E-state index contributed by atoms with van der Waals surface area (Å²) >= 11 is 3.13. The van der Waals surface area contributed by atoms with Crippen molar-refractivity contribution in [2.75, 3.05) is 6.54 Å². The molecule has 0 saturated heterocycles. The molecule has 106 valence electrons. The minimum atomic E-state index is -0.262. The summed E-state index contributed by atoms with van der Waals surface area (Å²) in [7, 11) is 0. The van der Waals surface area contributed by atoms with Crippen LogP contribution in [0.1, 0.15) is 11.8 Å². The highest BCUT2D eigenvalue weighted by Crippen LogP contribution is 2.23. The molecular weight excluding hydrogens is 293 g/mol. The molecule has 1 atom stereocenters. The third-order valence-electron chi connectivity index (χ3n) is 2.75. The molecule has 2 aromatic rings. The molecule has 0 spiro atoms. The van der Waals surface area contributed by atoms with Gasteiger partial charge in [-0.3, -0.25) is 4.79 Å². The lowest BCUT2D eigenvalue weighted by Crippen LogP contribution is -2.32. The van der Waals surface area contributed by atoms with E-state index in [9.17, 15) is 9.18 Å². The quantitative estimate of drug-likeness (QED) is 0.824. The Kier molecular flexibility index (Phi) is 5.61. The van der Waals surface area contributed by atoms with Gasteiger partial charge >= 0.3 is 0 Å². The summed E-state index contributed by atoms with van der Waals surface area (Å²) in [5.74, 6) is -0.252. The number of benzene rings is 1. The van der Waals surface area contributed by atoms with Gasteiger partial charge in [0.25, 0.3) is 0 Å². The van der Waals surface area contributed by atoms with E-state index in [0.29, 0.717) is 6.54 Å². The second-order valence-corrected chi connectivity index (χ2v) is 6.78. The minimum Gasteiger partial charge on any atom is -0.355 e. The molecular formula is C15H16FNOS2. The number of halogens is 1. The summed E-state index contributed by atoms with van der Waals surface area (Å²) in [4.78, 5) is 14.1. The lowest BCUT2D eigenvalue weighted by molar-refractivity contribution is -0.120. The molecule has 0 aliphatic heterocycles. The Balaban J connectivity index is 1.75. The van der Waals surface area contributed by atoms with Crippen molar-refractivity contribution in [2.24, 2.45) is 0 Å². The van der Waals surface area contributed by atoms with E-state index in [1.54, 1.807) is 23.5 Å². The molecule has 1 aromatic heterocycles. The maximum atomic E-state index is 12.8. The molecule has 2 nitrogen and oxygen atoms in total. The molecule has 1 heterocycles. The molecule has 0 unspecified atom stereocenters. The molecule has 1 N–H and O–H groups in total. The molecule has 5 heteroatoms. The van der Waals surface area contributed by atoms with Crippen LogP contribution in [0, 0.1) is 5.82 Å². The first-order chi connectivity index (χ1) is 9.65. The average molecular weight is 309 g/mol. The molecule has 0 bridgehead atoms. The van der Waals surface area contributed by atoms with Crippen LogP contribution in [-0.4, -0.2) is 17.7 Å². The van der Waals surface area contributed by atoms with Gasteiger partial charge in [-0.2, -0.15) is 0 Å². The number of amides is 1. The minimum absolute atomic E-state index is 0.0101. The van der Waals surface area contributed by atoms with Gasteiger partial charge in [-0.15, -0.1) is 23.1 Å². The van der Waals surface area contributed by atoms with E-state index >= 15 is 0 Å². The Morgan fingerprint density at radius 1 is 1.35 bits per heavy atom. The monoisotopic (exact) mass is 309 g/mol. The van der Waals surface area contributed by atoms with Crippen LogP contribution in [0.4, 0.5) is 4.39 Å². The van der Waals surface area contributed by atoms with E-state index in [0.717, 1.165) is 11.3 Å². The number of thiophene rings is 1. The van der Waals surface area contributed by atoms with E-state index in [4.69, 9.17) is 0 Å². The van der Waals surface area contributed by atoms with Crippen LogP contribution < -0.4 is 5.32 Å². The SMILES string of the molecule is C[C@H](Sc1ccc(F)cc1)C(=O)NCCc1cccs1. The fourth-order valence-electron chi connectivity index (χ4n) is 1.68. The third kappa shape index (κ3) is 4.65. The maximum absolute atomic E-state index is 12.8. The molecule has 0 aliphatic rings. The summed E-state index contributed by atoms with van der Waals surface area (Å²) in [5.41, 5.74) is 0. The first-order valence-corrected chi connectivity index (χ1v) is 8.13. The first-order valence-electron chi connectivity index (χ1n) is 6.37. The van der Waals surface area contributed by atoms with Crippen LogP contribution in [0.2, 0.25) is 0 Å². The topological polar surface area (TPSA) is 29.1 Å². The zero-order valence-electron chi connectivity index (χ0n) is 11.1. The number of thioether (sulfide) groups is 1. The summed E-state index contributed by atoms with van der Waals surface area (Å²) in [6, 6.07) is 10.3.